The Bertz CT molecular complexity index is 854. The summed E-state index contributed by atoms with van der Waals surface area (Å²) in [5.74, 6) is 0.0130. The van der Waals surface area contributed by atoms with E-state index >= 15 is 0 Å². The molecular formula is C19H22N4O. The van der Waals surface area contributed by atoms with Crippen LogP contribution in [0.1, 0.15) is 34.2 Å². The molecule has 0 radical (unpaired) electrons. The van der Waals surface area contributed by atoms with Gasteiger partial charge >= 0.3 is 0 Å². The molecule has 5 heteroatoms. The third-order valence-electron chi connectivity index (χ3n) is 4.21. The highest BCUT2D eigenvalue weighted by molar-refractivity contribution is 5.94. The van der Waals surface area contributed by atoms with Gasteiger partial charge in [0, 0.05) is 32.2 Å². The standard InChI is InChI=1S/C19H22N4O/c1-4-16-18(23-13-14(2)5-6-17(23)21-16)19(24)22(3)12-9-15-7-10-20-11-8-15/h5-8,10-11,13H,4,9,12H2,1-3H3. The van der Waals surface area contributed by atoms with E-state index in [0.29, 0.717) is 12.2 Å². The molecule has 0 saturated heterocycles. The van der Waals surface area contributed by atoms with E-state index in [-0.39, 0.29) is 5.91 Å². The number of aromatic nitrogens is 3. The van der Waals surface area contributed by atoms with Crippen LogP contribution in [-0.2, 0) is 12.8 Å². The minimum Gasteiger partial charge on any atom is -0.340 e. The number of carbonyl (C=O) groups is 1. The second kappa shape index (κ2) is 6.83. The van der Waals surface area contributed by atoms with Crippen molar-refractivity contribution >= 4 is 11.6 Å². The number of nitrogens with zero attached hydrogens (tertiary/aromatic N) is 4. The first-order valence-electron chi connectivity index (χ1n) is 8.22. The fourth-order valence-corrected chi connectivity index (χ4v) is 2.80. The van der Waals surface area contributed by atoms with E-state index in [1.807, 2.05) is 55.8 Å². The molecule has 1 amide bonds. The van der Waals surface area contributed by atoms with Gasteiger partial charge in [0.15, 0.2) is 0 Å². The third kappa shape index (κ3) is 3.15. The molecule has 124 valence electrons. The number of likely N-dealkylation sites (N-methyl/N-ethyl adjacent to an activating group) is 1. The summed E-state index contributed by atoms with van der Waals surface area (Å²) in [5.41, 5.74) is 4.63. The highest BCUT2D eigenvalue weighted by Gasteiger charge is 2.21. The van der Waals surface area contributed by atoms with Gasteiger partial charge in [0.05, 0.1) is 5.69 Å². The molecule has 24 heavy (non-hydrogen) atoms. The number of fused-ring (bicyclic) bond motifs is 1. The molecule has 0 bridgehead atoms. The molecule has 0 unspecified atom stereocenters. The normalized spacial score (nSPS) is 11.0. The number of pyridine rings is 2. The molecule has 0 aliphatic rings. The molecule has 0 spiro atoms. The Kier molecular flexibility index (Phi) is 4.60. The zero-order chi connectivity index (χ0) is 17.1. The van der Waals surface area contributed by atoms with Gasteiger partial charge in [-0.15, -0.1) is 0 Å². The predicted molar refractivity (Wildman–Crippen MR) is 94.2 cm³/mol. The molecule has 0 aliphatic carbocycles. The Labute approximate surface area is 142 Å². The number of amides is 1. The highest BCUT2D eigenvalue weighted by Crippen LogP contribution is 2.17. The van der Waals surface area contributed by atoms with Gasteiger partial charge in [-0.05, 0) is 49.1 Å². The van der Waals surface area contributed by atoms with Crippen molar-refractivity contribution in [3.63, 3.8) is 0 Å². The van der Waals surface area contributed by atoms with E-state index in [1.165, 1.54) is 5.56 Å². The predicted octanol–water partition coefficient (Wildman–Crippen LogP) is 2.91. The monoisotopic (exact) mass is 322 g/mol. The molecule has 0 atom stereocenters. The SMILES string of the molecule is CCc1nc2ccc(C)cn2c1C(=O)N(C)CCc1ccncc1. The Morgan fingerprint density at radius 1 is 1.21 bits per heavy atom. The van der Waals surface area contributed by atoms with Crippen LogP contribution in [-0.4, -0.2) is 38.8 Å². The maximum atomic E-state index is 13.0. The van der Waals surface area contributed by atoms with Gasteiger partial charge in [-0.25, -0.2) is 4.98 Å². The van der Waals surface area contributed by atoms with Crippen LogP contribution in [0.5, 0.6) is 0 Å². The van der Waals surface area contributed by atoms with Crippen molar-refractivity contribution in [1.29, 1.82) is 0 Å². The third-order valence-corrected chi connectivity index (χ3v) is 4.21. The lowest BCUT2D eigenvalue weighted by atomic mass is 10.2. The van der Waals surface area contributed by atoms with E-state index in [0.717, 1.165) is 29.7 Å². The van der Waals surface area contributed by atoms with Crippen molar-refractivity contribution < 1.29 is 4.79 Å². The van der Waals surface area contributed by atoms with Gasteiger partial charge in [-0.1, -0.05) is 13.0 Å². The van der Waals surface area contributed by atoms with Crippen LogP contribution in [0.25, 0.3) is 5.65 Å². The van der Waals surface area contributed by atoms with Crippen molar-refractivity contribution in [1.82, 2.24) is 19.3 Å². The molecule has 0 aliphatic heterocycles. The Balaban J connectivity index is 1.85. The smallest absolute Gasteiger partial charge is 0.272 e. The van der Waals surface area contributed by atoms with Crippen molar-refractivity contribution in [2.45, 2.75) is 26.7 Å². The summed E-state index contributed by atoms with van der Waals surface area (Å²) < 4.78 is 1.92. The van der Waals surface area contributed by atoms with Crippen LogP contribution in [0.15, 0.2) is 42.9 Å². The lowest BCUT2D eigenvalue weighted by Crippen LogP contribution is -2.30. The maximum absolute atomic E-state index is 13.0. The minimum atomic E-state index is 0.0130. The number of carbonyl (C=O) groups excluding carboxylic acids is 1. The van der Waals surface area contributed by atoms with Crippen molar-refractivity contribution in [2.24, 2.45) is 0 Å². The number of hydrogen-bond donors (Lipinski definition) is 0. The lowest BCUT2D eigenvalue weighted by Gasteiger charge is -2.17. The van der Waals surface area contributed by atoms with Crippen LogP contribution in [0.2, 0.25) is 0 Å². The van der Waals surface area contributed by atoms with Gasteiger partial charge < -0.3 is 4.90 Å². The van der Waals surface area contributed by atoms with E-state index in [9.17, 15) is 4.79 Å². The highest BCUT2D eigenvalue weighted by atomic mass is 16.2. The van der Waals surface area contributed by atoms with Crippen LogP contribution < -0.4 is 0 Å². The zero-order valence-corrected chi connectivity index (χ0v) is 14.4. The van der Waals surface area contributed by atoms with Crippen molar-refractivity contribution in [2.75, 3.05) is 13.6 Å². The summed E-state index contributed by atoms with van der Waals surface area (Å²) in [7, 11) is 1.85. The lowest BCUT2D eigenvalue weighted by molar-refractivity contribution is 0.0788. The van der Waals surface area contributed by atoms with Gasteiger partial charge in [0.2, 0.25) is 0 Å². The number of rotatable bonds is 5. The first-order valence-corrected chi connectivity index (χ1v) is 8.22. The van der Waals surface area contributed by atoms with Crippen LogP contribution in [0, 0.1) is 6.92 Å². The fraction of sp³-hybridized carbons (Fsp3) is 0.316. The molecule has 3 heterocycles. The molecule has 3 aromatic heterocycles. The van der Waals surface area contributed by atoms with Gasteiger partial charge in [-0.3, -0.25) is 14.2 Å². The summed E-state index contributed by atoms with van der Waals surface area (Å²) in [6.45, 7) is 4.71. The van der Waals surface area contributed by atoms with Gasteiger partial charge in [0.1, 0.15) is 11.3 Å². The van der Waals surface area contributed by atoms with Crippen LogP contribution >= 0.6 is 0 Å². The molecule has 0 fully saturated rings. The summed E-state index contributed by atoms with van der Waals surface area (Å²) in [4.78, 5) is 23.4. The Morgan fingerprint density at radius 3 is 2.67 bits per heavy atom. The first-order chi connectivity index (χ1) is 11.6. The zero-order valence-electron chi connectivity index (χ0n) is 14.4. The van der Waals surface area contributed by atoms with Crippen molar-refractivity contribution in [3.05, 3.63) is 65.4 Å². The van der Waals surface area contributed by atoms with Crippen molar-refractivity contribution in [3.8, 4) is 0 Å². The van der Waals surface area contributed by atoms with E-state index in [2.05, 4.69) is 9.97 Å². The minimum absolute atomic E-state index is 0.0130. The molecule has 3 aromatic rings. The van der Waals surface area contributed by atoms with E-state index in [1.54, 1.807) is 17.3 Å². The second-order valence-corrected chi connectivity index (χ2v) is 6.03. The number of aryl methyl sites for hydroxylation is 2. The molecule has 3 rings (SSSR count). The largest absolute Gasteiger partial charge is 0.340 e. The summed E-state index contributed by atoms with van der Waals surface area (Å²) in [6.07, 6.45) is 7.08. The molecule has 5 nitrogen and oxygen atoms in total. The molecular weight excluding hydrogens is 300 g/mol. The molecule has 0 aromatic carbocycles. The van der Waals surface area contributed by atoms with Gasteiger partial charge in [-0.2, -0.15) is 0 Å². The molecule has 0 saturated carbocycles. The average Bonchev–Trinajstić information content (AvgIpc) is 2.97. The quantitative estimate of drug-likeness (QED) is 0.726. The summed E-state index contributed by atoms with van der Waals surface area (Å²) in [6, 6.07) is 7.94. The molecule has 0 N–H and O–H groups in total. The number of hydrogen-bond acceptors (Lipinski definition) is 3. The Morgan fingerprint density at radius 2 is 1.96 bits per heavy atom. The van der Waals surface area contributed by atoms with Crippen LogP contribution in [0.4, 0.5) is 0 Å². The fourth-order valence-electron chi connectivity index (χ4n) is 2.80. The Hall–Kier alpha value is -2.69. The number of imidazole rings is 1. The summed E-state index contributed by atoms with van der Waals surface area (Å²) in [5, 5.41) is 0. The van der Waals surface area contributed by atoms with Crippen LogP contribution in [0.3, 0.4) is 0 Å². The topological polar surface area (TPSA) is 50.5 Å². The average molecular weight is 322 g/mol. The first kappa shape index (κ1) is 16.2. The van der Waals surface area contributed by atoms with E-state index < -0.39 is 0 Å². The second-order valence-electron chi connectivity index (χ2n) is 6.03. The maximum Gasteiger partial charge on any atom is 0.272 e. The van der Waals surface area contributed by atoms with E-state index in [4.69, 9.17) is 0 Å². The van der Waals surface area contributed by atoms with Gasteiger partial charge in [0.25, 0.3) is 5.91 Å². The summed E-state index contributed by atoms with van der Waals surface area (Å²) >= 11 is 0.